The van der Waals surface area contributed by atoms with Gasteiger partial charge in [0.15, 0.2) is 0 Å². The fourth-order valence-corrected chi connectivity index (χ4v) is 2.60. The Morgan fingerprint density at radius 1 is 1.38 bits per heavy atom. The second-order valence-corrected chi connectivity index (χ2v) is 5.05. The van der Waals surface area contributed by atoms with Crippen LogP contribution in [0.5, 0.6) is 0 Å². The number of hydrogen-bond acceptors (Lipinski definition) is 2. The molecule has 0 radical (unpaired) electrons. The maximum atomic E-state index is 12.2. The lowest BCUT2D eigenvalue weighted by Gasteiger charge is -2.26. The second-order valence-electron chi connectivity index (χ2n) is 5.05. The van der Waals surface area contributed by atoms with E-state index in [-0.39, 0.29) is 24.3 Å². The van der Waals surface area contributed by atoms with E-state index >= 15 is 0 Å². The van der Waals surface area contributed by atoms with Gasteiger partial charge in [-0.1, -0.05) is 6.92 Å². The van der Waals surface area contributed by atoms with E-state index in [1.54, 1.807) is 4.90 Å². The minimum atomic E-state index is -0.802. The van der Waals surface area contributed by atoms with Crippen molar-refractivity contribution in [3.8, 4) is 0 Å². The number of rotatable bonds is 4. The molecule has 1 aliphatic carbocycles. The monoisotopic (exact) mass is 225 g/mol. The molecule has 2 fully saturated rings. The number of carboxylic acid groups (broad SMARTS) is 1. The van der Waals surface area contributed by atoms with Gasteiger partial charge in [-0.3, -0.25) is 9.59 Å². The van der Waals surface area contributed by atoms with Crippen molar-refractivity contribution in [2.45, 2.75) is 45.1 Å². The molecule has 2 rings (SSSR count). The maximum Gasteiger partial charge on any atom is 0.305 e. The topological polar surface area (TPSA) is 57.6 Å². The van der Waals surface area contributed by atoms with Crippen LogP contribution in [0.1, 0.15) is 39.0 Å². The molecule has 16 heavy (non-hydrogen) atoms. The Balaban J connectivity index is 1.95. The van der Waals surface area contributed by atoms with E-state index in [1.807, 2.05) is 6.92 Å². The summed E-state index contributed by atoms with van der Waals surface area (Å²) in [5.74, 6) is 0.0167. The molecule has 1 heterocycles. The van der Waals surface area contributed by atoms with Crippen molar-refractivity contribution in [1.82, 2.24) is 4.90 Å². The second kappa shape index (κ2) is 4.44. The van der Waals surface area contributed by atoms with E-state index in [1.165, 1.54) is 0 Å². The number of carboxylic acids is 1. The Bertz CT molecular complexity index is 299. The van der Waals surface area contributed by atoms with E-state index in [9.17, 15) is 9.59 Å². The molecule has 1 aliphatic heterocycles. The fraction of sp³-hybridized carbons (Fsp3) is 0.833. The Morgan fingerprint density at radius 2 is 2.06 bits per heavy atom. The Kier molecular flexibility index (Phi) is 3.17. The van der Waals surface area contributed by atoms with Gasteiger partial charge < -0.3 is 10.0 Å². The third-order valence-corrected chi connectivity index (χ3v) is 3.79. The van der Waals surface area contributed by atoms with Crippen molar-refractivity contribution in [3.05, 3.63) is 0 Å². The number of amides is 1. The molecule has 90 valence electrons. The van der Waals surface area contributed by atoms with Gasteiger partial charge in [0.25, 0.3) is 0 Å². The van der Waals surface area contributed by atoms with E-state index in [4.69, 9.17) is 5.11 Å². The first kappa shape index (κ1) is 11.4. The highest BCUT2D eigenvalue weighted by Gasteiger charge is 2.38. The quantitative estimate of drug-likeness (QED) is 0.788. The summed E-state index contributed by atoms with van der Waals surface area (Å²) < 4.78 is 0. The number of aliphatic carboxylic acids is 1. The molecule has 1 saturated heterocycles. The van der Waals surface area contributed by atoms with Gasteiger partial charge in [0.1, 0.15) is 0 Å². The Morgan fingerprint density at radius 3 is 2.62 bits per heavy atom. The van der Waals surface area contributed by atoms with Gasteiger partial charge in [-0.25, -0.2) is 0 Å². The first-order valence-corrected chi connectivity index (χ1v) is 6.12. The van der Waals surface area contributed by atoms with Crippen molar-refractivity contribution >= 4 is 11.9 Å². The summed E-state index contributed by atoms with van der Waals surface area (Å²) in [5, 5.41) is 8.80. The molecular formula is C12H19NO3. The van der Waals surface area contributed by atoms with Crippen molar-refractivity contribution < 1.29 is 14.7 Å². The number of hydrogen-bond donors (Lipinski definition) is 1. The molecular weight excluding hydrogens is 206 g/mol. The van der Waals surface area contributed by atoms with Crippen molar-refractivity contribution in [2.24, 2.45) is 11.8 Å². The zero-order chi connectivity index (χ0) is 11.7. The van der Waals surface area contributed by atoms with Gasteiger partial charge in [0.05, 0.1) is 6.42 Å². The zero-order valence-corrected chi connectivity index (χ0v) is 9.69. The standard InChI is InChI=1S/C12H19NO3/c1-8(9-4-5-9)12(16)13-6-2-3-10(13)7-11(14)15/h8-10H,2-7H2,1H3,(H,14,15). The van der Waals surface area contributed by atoms with Gasteiger partial charge in [0.2, 0.25) is 5.91 Å². The molecule has 0 aromatic carbocycles. The van der Waals surface area contributed by atoms with Crippen LogP contribution in [0.3, 0.4) is 0 Å². The highest BCUT2D eigenvalue weighted by atomic mass is 16.4. The summed E-state index contributed by atoms with van der Waals surface area (Å²) in [5.41, 5.74) is 0. The summed E-state index contributed by atoms with van der Waals surface area (Å²) in [6.45, 7) is 2.73. The lowest BCUT2D eigenvalue weighted by molar-refractivity contribution is -0.141. The van der Waals surface area contributed by atoms with Crippen LogP contribution in [0.2, 0.25) is 0 Å². The number of carbonyl (C=O) groups is 2. The largest absolute Gasteiger partial charge is 0.481 e. The normalized spacial score (nSPS) is 26.8. The van der Waals surface area contributed by atoms with Gasteiger partial charge in [-0.2, -0.15) is 0 Å². The predicted molar refractivity (Wildman–Crippen MR) is 58.9 cm³/mol. The zero-order valence-electron chi connectivity index (χ0n) is 9.69. The number of likely N-dealkylation sites (tertiary alicyclic amines) is 1. The van der Waals surface area contributed by atoms with Crippen LogP contribution in [0, 0.1) is 11.8 Å². The van der Waals surface area contributed by atoms with Crippen molar-refractivity contribution in [2.75, 3.05) is 6.54 Å². The minimum absolute atomic E-state index is 0.0637. The molecule has 2 unspecified atom stereocenters. The third kappa shape index (κ3) is 2.36. The average Bonchev–Trinajstić information content (AvgIpc) is 2.97. The first-order chi connectivity index (χ1) is 7.59. The van der Waals surface area contributed by atoms with Crippen LogP contribution in [-0.2, 0) is 9.59 Å². The predicted octanol–water partition coefficient (Wildman–Crippen LogP) is 1.50. The van der Waals surface area contributed by atoms with Crippen LogP contribution in [0.15, 0.2) is 0 Å². The molecule has 0 aromatic heterocycles. The molecule has 4 heteroatoms. The van der Waals surface area contributed by atoms with Crippen molar-refractivity contribution in [1.29, 1.82) is 0 Å². The van der Waals surface area contributed by atoms with Crippen LogP contribution < -0.4 is 0 Å². The minimum Gasteiger partial charge on any atom is -0.481 e. The van der Waals surface area contributed by atoms with E-state index < -0.39 is 5.97 Å². The van der Waals surface area contributed by atoms with Crippen LogP contribution in [-0.4, -0.2) is 34.5 Å². The smallest absolute Gasteiger partial charge is 0.305 e. The lowest BCUT2D eigenvalue weighted by atomic mass is 10.0. The highest BCUT2D eigenvalue weighted by molar-refractivity contribution is 5.80. The third-order valence-electron chi connectivity index (χ3n) is 3.79. The molecule has 4 nitrogen and oxygen atoms in total. The highest BCUT2D eigenvalue weighted by Crippen LogP contribution is 2.38. The van der Waals surface area contributed by atoms with Gasteiger partial charge in [0, 0.05) is 18.5 Å². The average molecular weight is 225 g/mol. The number of carbonyl (C=O) groups excluding carboxylic acids is 1. The lowest BCUT2D eigenvalue weighted by Crippen LogP contribution is -2.40. The van der Waals surface area contributed by atoms with E-state index in [0.29, 0.717) is 5.92 Å². The number of nitrogens with zero attached hydrogens (tertiary/aromatic N) is 1. The van der Waals surface area contributed by atoms with Gasteiger partial charge in [-0.15, -0.1) is 0 Å². The summed E-state index contributed by atoms with van der Waals surface area (Å²) in [6.07, 6.45) is 4.20. The summed E-state index contributed by atoms with van der Waals surface area (Å²) in [4.78, 5) is 24.7. The fourth-order valence-electron chi connectivity index (χ4n) is 2.60. The molecule has 1 amide bonds. The van der Waals surface area contributed by atoms with E-state index in [2.05, 4.69) is 0 Å². The van der Waals surface area contributed by atoms with Crippen LogP contribution in [0.4, 0.5) is 0 Å². The Hall–Kier alpha value is -1.06. The molecule has 1 N–H and O–H groups in total. The molecule has 0 bridgehead atoms. The Labute approximate surface area is 95.6 Å². The maximum absolute atomic E-state index is 12.2. The molecule has 2 atom stereocenters. The summed E-state index contributed by atoms with van der Waals surface area (Å²) >= 11 is 0. The first-order valence-electron chi connectivity index (χ1n) is 6.12. The SMILES string of the molecule is CC(C(=O)N1CCCC1CC(=O)O)C1CC1. The molecule has 0 spiro atoms. The van der Waals surface area contributed by atoms with Crippen LogP contribution in [0.25, 0.3) is 0 Å². The summed E-state index contributed by atoms with van der Waals surface area (Å²) in [7, 11) is 0. The molecule has 1 saturated carbocycles. The van der Waals surface area contributed by atoms with Crippen LogP contribution >= 0.6 is 0 Å². The van der Waals surface area contributed by atoms with E-state index in [0.717, 1.165) is 32.2 Å². The van der Waals surface area contributed by atoms with Gasteiger partial charge in [-0.05, 0) is 31.6 Å². The van der Waals surface area contributed by atoms with Crippen molar-refractivity contribution in [3.63, 3.8) is 0 Å². The molecule has 2 aliphatic rings. The van der Waals surface area contributed by atoms with Gasteiger partial charge >= 0.3 is 5.97 Å². The summed E-state index contributed by atoms with van der Waals surface area (Å²) in [6, 6.07) is -0.0637. The molecule has 0 aromatic rings.